The minimum Gasteiger partial charge on any atom is -0.316 e. The highest BCUT2D eigenvalue weighted by molar-refractivity contribution is 6.30. The molecule has 286 valence electrons. The molecule has 3 heterocycles. The molecule has 0 atom stereocenters. The maximum absolute atomic E-state index is 5.02. The van der Waals surface area contributed by atoms with Gasteiger partial charge in [-0.2, -0.15) is 0 Å². The molecular formula is C56H37N5. The predicted octanol–water partition coefficient (Wildman–Crippen LogP) is 14.2. The fourth-order valence-electron chi connectivity index (χ4n) is 9.23. The van der Waals surface area contributed by atoms with Gasteiger partial charge in [-0.1, -0.05) is 158 Å². The lowest BCUT2D eigenvalue weighted by atomic mass is 9.98. The van der Waals surface area contributed by atoms with Crippen molar-refractivity contribution >= 4 is 54.3 Å². The van der Waals surface area contributed by atoms with Gasteiger partial charge in [-0.25, -0.2) is 15.0 Å². The molecule has 0 spiro atoms. The molecule has 12 rings (SSSR count). The van der Waals surface area contributed by atoms with Crippen molar-refractivity contribution in [2.24, 2.45) is 0 Å². The predicted molar refractivity (Wildman–Crippen MR) is 252 cm³/mol. The van der Waals surface area contributed by atoms with E-state index in [0.717, 1.165) is 33.5 Å². The van der Waals surface area contributed by atoms with Crippen LogP contribution in [-0.2, 0) is 0 Å². The number of aryl methyl sites for hydroxylation is 1. The summed E-state index contributed by atoms with van der Waals surface area (Å²) >= 11 is 0. The van der Waals surface area contributed by atoms with E-state index in [1.165, 1.54) is 65.5 Å². The van der Waals surface area contributed by atoms with Gasteiger partial charge in [-0.3, -0.25) is 0 Å². The van der Waals surface area contributed by atoms with Gasteiger partial charge in [0.25, 0.3) is 0 Å². The van der Waals surface area contributed by atoms with Crippen LogP contribution in [0.2, 0.25) is 0 Å². The van der Waals surface area contributed by atoms with Gasteiger partial charge in [0.15, 0.2) is 17.5 Å². The molecule has 0 unspecified atom stereocenters. The quantitative estimate of drug-likeness (QED) is 0.169. The van der Waals surface area contributed by atoms with E-state index in [9.17, 15) is 0 Å². The Bertz CT molecular complexity index is 3600. The topological polar surface area (TPSA) is 48.5 Å². The highest BCUT2D eigenvalue weighted by Gasteiger charge is 2.20. The van der Waals surface area contributed by atoms with E-state index in [-0.39, 0.29) is 0 Å². The Labute approximate surface area is 352 Å². The molecule has 9 aromatic carbocycles. The smallest absolute Gasteiger partial charge is 0.164 e. The molecule has 0 aliphatic heterocycles. The van der Waals surface area contributed by atoms with E-state index >= 15 is 0 Å². The maximum Gasteiger partial charge on any atom is 0.164 e. The fourth-order valence-corrected chi connectivity index (χ4v) is 9.23. The largest absolute Gasteiger partial charge is 0.316 e. The van der Waals surface area contributed by atoms with Crippen molar-refractivity contribution in [1.29, 1.82) is 0 Å². The molecule has 5 nitrogen and oxygen atoms in total. The molecule has 12 aromatic rings. The van der Waals surface area contributed by atoms with Crippen molar-refractivity contribution in [2.45, 2.75) is 6.92 Å². The van der Waals surface area contributed by atoms with Crippen molar-refractivity contribution in [3.63, 3.8) is 0 Å². The molecule has 0 saturated carbocycles. The molecule has 3 aromatic heterocycles. The average molecular weight is 780 g/mol. The Morgan fingerprint density at radius 2 is 0.934 bits per heavy atom. The summed E-state index contributed by atoms with van der Waals surface area (Å²) in [7, 11) is 0. The number of para-hydroxylation sites is 1. The second kappa shape index (κ2) is 14.0. The van der Waals surface area contributed by atoms with Crippen LogP contribution in [-0.4, -0.2) is 24.1 Å². The number of hydrogen-bond donors (Lipinski definition) is 0. The average Bonchev–Trinajstić information content (AvgIpc) is 3.92. The van der Waals surface area contributed by atoms with Crippen LogP contribution in [0.25, 0.3) is 111 Å². The van der Waals surface area contributed by atoms with Gasteiger partial charge in [0, 0.05) is 55.8 Å². The van der Waals surface area contributed by atoms with Crippen LogP contribution in [0.15, 0.2) is 206 Å². The summed E-state index contributed by atoms with van der Waals surface area (Å²) in [6, 6.07) is 71.1. The van der Waals surface area contributed by atoms with Gasteiger partial charge < -0.3 is 9.13 Å². The minimum absolute atomic E-state index is 0.634. The lowest BCUT2D eigenvalue weighted by molar-refractivity contribution is 1.07. The molecule has 0 radical (unpaired) electrons. The lowest BCUT2D eigenvalue weighted by Gasteiger charge is -2.13. The number of aromatic nitrogens is 5. The van der Waals surface area contributed by atoms with E-state index < -0.39 is 0 Å². The van der Waals surface area contributed by atoms with Gasteiger partial charge in [0.05, 0.1) is 16.6 Å². The number of rotatable bonds is 6. The van der Waals surface area contributed by atoms with Crippen molar-refractivity contribution in [1.82, 2.24) is 24.1 Å². The van der Waals surface area contributed by atoms with Crippen LogP contribution in [0.4, 0.5) is 0 Å². The highest BCUT2D eigenvalue weighted by atomic mass is 15.0. The summed E-state index contributed by atoms with van der Waals surface area (Å²) in [5.74, 6) is 1.93. The third-order valence-corrected chi connectivity index (χ3v) is 12.1. The summed E-state index contributed by atoms with van der Waals surface area (Å²) in [5.41, 5.74) is 12.1. The number of hydrogen-bond acceptors (Lipinski definition) is 3. The van der Waals surface area contributed by atoms with E-state index in [0.29, 0.717) is 17.5 Å². The molecule has 0 N–H and O–H groups in total. The van der Waals surface area contributed by atoms with Crippen LogP contribution >= 0.6 is 0 Å². The van der Waals surface area contributed by atoms with E-state index in [1.54, 1.807) is 0 Å². The molecule has 0 amide bonds. The van der Waals surface area contributed by atoms with Crippen molar-refractivity contribution in [3.8, 4) is 56.7 Å². The molecule has 0 saturated heterocycles. The number of benzene rings is 9. The number of fused-ring (bicyclic) bond motifs is 9. The van der Waals surface area contributed by atoms with Gasteiger partial charge in [-0.05, 0) is 82.2 Å². The Hall–Kier alpha value is -8.15. The fraction of sp³-hybridized carbons (Fsp3) is 0.0179. The maximum atomic E-state index is 5.02. The summed E-state index contributed by atoms with van der Waals surface area (Å²) in [4.78, 5) is 15.0. The van der Waals surface area contributed by atoms with Crippen molar-refractivity contribution < 1.29 is 0 Å². The van der Waals surface area contributed by atoms with Crippen LogP contribution in [0.1, 0.15) is 5.56 Å². The first-order valence-electron chi connectivity index (χ1n) is 20.7. The zero-order valence-electron chi connectivity index (χ0n) is 33.4. The second-order valence-electron chi connectivity index (χ2n) is 15.7. The first-order valence-corrected chi connectivity index (χ1v) is 20.7. The Morgan fingerprint density at radius 3 is 1.69 bits per heavy atom. The standard InChI is InChI=1S/C56H37N5/c1-36-14-8-11-25-48(36)60-33-32-38-26-28-46-47(53(38)60)29-31-50-52(46)51-45-24-10-9-15-37(45)27-30-49(51)61(50)44-23-13-21-42(35-44)41-20-12-22-43(34-41)56-58-54(39-16-4-2-5-17-39)57-55(59-56)40-18-6-3-7-19-40/h2-35H,1H3. The normalized spacial score (nSPS) is 11.7. The first kappa shape index (κ1) is 34.9. The van der Waals surface area contributed by atoms with Crippen LogP contribution in [0.5, 0.6) is 0 Å². The molecule has 0 fully saturated rings. The molecular weight excluding hydrogens is 743 g/mol. The summed E-state index contributed by atoms with van der Waals surface area (Å²) < 4.78 is 4.80. The van der Waals surface area contributed by atoms with Crippen LogP contribution < -0.4 is 0 Å². The molecule has 5 heteroatoms. The number of nitrogens with zero attached hydrogens (tertiary/aromatic N) is 5. The molecule has 0 aliphatic carbocycles. The van der Waals surface area contributed by atoms with Crippen molar-refractivity contribution in [2.75, 3.05) is 0 Å². The van der Waals surface area contributed by atoms with Gasteiger partial charge in [0.1, 0.15) is 0 Å². The van der Waals surface area contributed by atoms with Crippen LogP contribution in [0.3, 0.4) is 0 Å². The minimum atomic E-state index is 0.634. The zero-order valence-corrected chi connectivity index (χ0v) is 33.4. The summed E-state index contributed by atoms with van der Waals surface area (Å²) in [5, 5.41) is 8.70. The molecule has 61 heavy (non-hydrogen) atoms. The van der Waals surface area contributed by atoms with Gasteiger partial charge in [-0.15, -0.1) is 0 Å². The zero-order chi connectivity index (χ0) is 40.4. The van der Waals surface area contributed by atoms with Gasteiger partial charge in [0.2, 0.25) is 0 Å². The highest BCUT2D eigenvalue weighted by Crippen LogP contribution is 2.43. The monoisotopic (exact) mass is 779 g/mol. The second-order valence-corrected chi connectivity index (χ2v) is 15.7. The molecule has 0 aliphatic rings. The van der Waals surface area contributed by atoms with Gasteiger partial charge >= 0.3 is 0 Å². The van der Waals surface area contributed by atoms with Crippen molar-refractivity contribution in [3.05, 3.63) is 212 Å². The third-order valence-electron chi connectivity index (χ3n) is 12.1. The SMILES string of the molecule is Cc1ccccc1-n1ccc2ccc3c(ccc4c3c3c5ccccc5ccc3n4-c3cccc(-c4cccc(-c5nc(-c6ccccc6)nc(-c6ccccc6)n5)c4)c3)c21. The molecule has 0 bridgehead atoms. The summed E-state index contributed by atoms with van der Waals surface area (Å²) in [6.07, 6.45) is 2.21. The van der Waals surface area contributed by atoms with E-state index in [4.69, 9.17) is 15.0 Å². The lowest BCUT2D eigenvalue weighted by Crippen LogP contribution is -2.00. The van der Waals surface area contributed by atoms with E-state index in [1.807, 2.05) is 60.7 Å². The Balaban J connectivity index is 1.04. The Morgan fingerprint density at radius 1 is 0.377 bits per heavy atom. The van der Waals surface area contributed by atoms with Crippen LogP contribution in [0, 0.1) is 6.92 Å². The Kier molecular flexibility index (Phi) is 8.00. The summed E-state index contributed by atoms with van der Waals surface area (Å²) in [6.45, 7) is 2.19. The van der Waals surface area contributed by atoms with E-state index in [2.05, 4.69) is 162 Å². The first-order chi connectivity index (χ1) is 30.2. The third kappa shape index (κ3) is 5.74.